The van der Waals surface area contributed by atoms with Crippen LogP contribution in [-0.2, 0) is 19.1 Å². The zero-order chi connectivity index (χ0) is 11.1. The molecule has 0 fully saturated rings. The minimum atomic E-state index is -0.982. The molecule has 2 amide bonds. The van der Waals surface area contributed by atoms with Crippen LogP contribution in [0.1, 0.15) is 20.3 Å². The fourth-order valence-corrected chi connectivity index (χ4v) is 0.883. The zero-order valence-corrected chi connectivity index (χ0v) is 8.20. The van der Waals surface area contributed by atoms with Crippen LogP contribution in [0.15, 0.2) is 0 Å². The van der Waals surface area contributed by atoms with E-state index in [0.717, 1.165) is 0 Å². The number of esters is 1. The van der Waals surface area contributed by atoms with E-state index in [1.807, 2.05) is 0 Å². The number of ether oxygens (including phenoxy) is 1. The lowest BCUT2D eigenvalue weighted by atomic mass is 10.2. The first-order valence-electron chi connectivity index (χ1n) is 4.19. The van der Waals surface area contributed by atoms with Crippen LogP contribution in [0.2, 0.25) is 0 Å². The van der Waals surface area contributed by atoms with Gasteiger partial charge in [-0.2, -0.15) is 0 Å². The Kier molecular flexibility index (Phi) is 5.28. The highest BCUT2D eigenvalue weighted by molar-refractivity contribution is 5.88. The van der Waals surface area contributed by atoms with Crippen molar-refractivity contribution in [2.24, 2.45) is 5.73 Å². The molecule has 0 aromatic carbocycles. The quantitative estimate of drug-likeness (QED) is 0.554. The predicted octanol–water partition coefficient (Wildman–Crippen LogP) is -1.07. The summed E-state index contributed by atoms with van der Waals surface area (Å²) < 4.78 is 4.64. The smallest absolute Gasteiger partial charge is 0.329 e. The highest BCUT2D eigenvalue weighted by Crippen LogP contribution is 1.95. The third-order valence-electron chi connectivity index (χ3n) is 1.35. The van der Waals surface area contributed by atoms with Gasteiger partial charge in [0.2, 0.25) is 11.8 Å². The van der Waals surface area contributed by atoms with Gasteiger partial charge in [-0.3, -0.25) is 9.59 Å². The van der Waals surface area contributed by atoms with Gasteiger partial charge in [-0.05, 0) is 6.92 Å². The van der Waals surface area contributed by atoms with E-state index in [-0.39, 0.29) is 13.0 Å². The van der Waals surface area contributed by atoms with Crippen molar-refractivity contribution in [2.75, 3.05) is 6.61 Å². The van der Waals surface area contributed by atoms with Crippen molar-refractivity contribution in [1.29, 1.82) is 0 Å². The molecule has 0 bridgehead atoms. The van der Waals surface area contributed by atoms with Gasteiger partial charge in [-0.1, -0.05) is 0 Å². The summed E-state index contributed by atoms with van der Waals surface area (Å²) in [6.45, 7) is 3.06. The molecule has 0 saturated heterocycles. The maximum Gasteiger partial charge on any atom is 0.329 e. The van der Waals surface area contributed by atoms with E-state index < -0.39 is 23.8 Å². The van der Waals surface area contributed by atoms with E-state index in [1.165, 1.54) is 6.92 Å². The average molecular weight is 202 g/mol. The summed E-state index contributed by atoms with van der Waals surface area (Å²) in [6, 6.07) is -0.982. The monoisotopic (exact) mass is 202 g/mol. The van der Waals surface area contributed by atoms with Crippen molar-refractivity contribution in [3.63, 3.8) is 0 Å². The Balaban J connectivity index is 4.29. The van der Waals surface area contributed by atoms with E-state index in [1.54, 1.807) is 6.92 Å². The topological polar surface area (TPSA) is 98.5 Å². The van der Waals surface area contributed by atoms with Crippen LogP contribution in [0.3, 0.4) is 0 Å². The number of hydrogen-bond donors (Lipinski definition) is 2. The van der Waals surface area contributed by atoms with Gasteiger partial charge in [0.1, 0.15) is 6.04 Å². The third kappa shape index (κ3) is 5.13. The van der Waals surface area contributed by atoms with E-state index in [2.05, 4.69) is 10.1 Å². The summed E-state index contributed by atoms with van der Waals surface area (Å²) in [4.78, 5) is 32.4. The molecule has 1 atom stereocenters. The van der Waals surface area contributed by atoms with Crippen molar-refractivity contribution in [3.8, 4) is 0 Å². The normalized spacial score (nSPS) is 11.6. The molecule has 0 spiro atoms. The van der Waals surface area contributed by atoms with Crippen LogP contribution < -0.4 is 11.1 Å². The maximum atomic E-state index is 11.2. The van der Waals surface area contributed by atoms with Crippen molar-refractivity contribution >= 4 is 17.8 Å². The lowest BCUT2D eigenvalue weighted by molar-refractivity contribution is -0.148. The molecular formula is C8H14N2O4. The molecule has 6 nitrogen and oxygen atoms in total. The Morgan fingerprint density at radius 3 is 2.36 bits per heavy atom. The second-order valence-electron chi connectivity index (χ2n) is 2.68. The predicted molar refractivity (Wildman–Crippen MR) is 48.0 cm³/mol. The SMILES string of the molecule is CCOC(=O)C(CC(N)=O)NC(C)=O. The highest BCUT2D eigenvalue weighted by Gasteiger charge is 2.22. The number of hydrogen-bond acceptors (Lipinski definition) is 4. The summed E-state index contributed by atoms with van der Waals surface area (Å²) in [7, 11) is 0. The van der Waals surface area contributed by atoms with E-state index in [9.17, 15) is 14.4 Å². The largest absolute Gasteiger partial charge is 0.464 e. The van der Waals surface area contributed by atoms with Crippen molar-refractivity contribution in [1.82, 2.24) is 5.32 Å². The van der Waals surface area contributed by atoms with E-state index in [4.69, 9.17) is 5.73 Å². The van der Waals surface area contributed by atoms with Crippen LogP contribution >= 0.6 is 0 Å². The molecule has 80 valence electrons. The van der Waals surface area contributed by atoms with Crippen molar-refractivity contribution in [2.45, 2.75) is 26.3 Å². The Morgan fingerprint density at radius 1 is 1.43 bits per heavy atom. The van der Waals surface area contributed by atoms with Gasteiger partial charge in [-0.25, -0.2) is 4.79 Å². The van der Waals surface area contributed by atoms with Crippen molar-refractivity contribution in [3.05, 3.63) is 0 Å². The molecule has 0 radical (unpaired) electrons. The minimum Gasteiger partial charge on any atom is -0.464 e. The first kappa shape index (κ1) is 12.4. The van der Waals surface area contributed by atoms with E-state index >= 15 is 0 Å². The number of nitrogens with one attached hydrogen (secondary N) is 1. The van der Waals surface area contributed by atoms with Gasteiger partial charge < -0.3 is 15.8 Å². The molecule has 0 aliphatic heterocycles. The molecular weight excluding hydrogens is 188 g/mol. The van der Waals surface area contributed by atoms with Crippen LogP contribution in [0.4, 0.5) is 0 Å². The Hall–Kier alpha value is -1.59. The summed E-state index contributed by atoms with van der Waals surface area (Å²) >= 11 is 0. The van der Waals surface area contributed by atoms with Crippen LogP contribution in [0.5, 0.6) is 0 Å². The zero-order valence-electron chi connectivity index (χ0n) is 8.20. The molecule has 1 unspecified atom stereocenters. The first-order chi connectivity index (χ1) is 6.47. The number of primary amides is 1. The molecule has 3 N–H and O–H groups in total. The second kappa shape index (κ2) is 5.95. The molecule has 0 aromatic rings. The fourth-order valence-electron chi connectivity index (χ4n) is 0.883. The Bertz CT molecular complexity index is 223. The van der Waals surface area contributed by atoms with E-state index in [0.29, 0.717) is 0 Å². The number of rotatable bonds is 5. The van der Waals surface area contributed by atoms with Crippen LogP contribution in [-0.4, -0.2) is 30.4 Å². The summed E-state index contributed by atoms with van der Waals surface area (Å²) in [5.41, 5.74) is 4.91. The van der Waals surface area contributed by atoms with Crippen LogP contribution in [0.25, 0.3) is 0 Å². The molecule has 0 saturated carbocycles. The number of nitrogens with two attached hydrogens (primary N) is 1. The molecule has 0 aliphatic rings. The summed E-state index contributed by atoms with van der Waals surface area (Å²) in [5, 5.41) is 2.28. The Labute approximate surface area is 81.8 Å². The Morgan fingerprint density at radius 2 is 2.00 bits per heavy atom. The average Bonchev–Trinajstić information content (AvgIpc) is 2.01. The molecule has 14 heavy (non-hydrogen) atoms. The van der Waals surface area contributed by atoms with Crippen molar-refractivity contribution < 1.29 is 19.1 Å². The summed E-state index contributed by atoms with van der Waals surface area (Å²) in [5.74, 6) is -1.73. The first-order valence-corrected chi connectivity index (χ1v) is 4.19. The van der Waals surface area contributed by atoms with Gasteiger partial charge in [-0.15, -0.1) is 0 Å². The lowest BCUT2D eigenvalue weighted by Crippen LogP contribution is -2.43. The third-order valence-corrected chi connectivity index (χ3v) is 1.35. The number of amides is 2. The molecule has 0 heterocycles. The molecule has 6 heteroatoms. The van der Waals surface area contributed by atoms with Gasteiger partial charge in [0.15, 0.2) is 0 Å². The minimum absolute atomic E-state index is 0.188. The molecule has 0 aromatic heterocycles. The maximum absolute atomic E-state index is 11.2. The van der Waals surface area contributed by atoms with Gasteiger partial charge >= 0.3 is 5.97 Å². The van der Waals surface area contributed by atoms with Gasteiger partial charge in [0, 0.05) is 6.92 Å². The summed E-state index contributed by atoms with van der Waals surface area (Å²) in [6.07, 6.45) is -0.252. The van der Waals surface area contributed by atoms with Gasteiger partial charge in [0.05, 0.1) is 13.0 Å². The number of carbonyl (C=O) groups is 3. The fraction of sp³-hybridized carbons (Fsp3) is 0.625. The lowest BCUT2D eigenvalue weighted by Gasteiger charge is -2.14. The van der Waals surface area contributed by atoms with Crippen LogP contribution in [0, 0.1) is 0 Å². The standard InChI is InChI=1S/C8H14N2O4/c1-3-14-8(13)6(4-7(9)12)10-5(2)11/h6H,3-4H2,1-2H3,(H2,9,12)(H,10,11). The molecule has 0 aliphatic carbocycles. The second-order valence-corrected chi connectivity index (χ2v) is 2.68. The van der Waals surface area contributed by atoms with Gasteiger partial charge in [0.25, 0.3) is 0 Å². The highest BCUT2D eigenvalue weighted by atomic mass is 16.5. The number of carbonyl (C=O) groups excluding carboxylic acids is 3. The molecule has 0 rings (SSSR count).